The molecule has 0 saturated heterocycles. The second-order valence-corrected chi connectivity index (χ2v) is 4.95. The number of nitrogens with one attached hydrogen (secondary N) is 3. The molecule has 0 unspecified atom stereocenters. The van der Waals surface area contributed by atoms with Crippen molar-refractivity contribution in [3.63, 3.8) is 0 Å². The molecule has 0 aliphatic rings. The molecule has 0 aliphatic heterocycles. The van der Waals surface area contributed by atoms with Crippen LogP contribution < -0.4 is 5.32 Å². The molecule has 3 rings (SSSR count). The summed E-state index contributed by atoms with van der Waals surface area (Å²) < 4.78 is 2.24. The number of fused-ring (bicyclic) bond motifs is 1. The molecule has 20 heavy (non-hydrogen) atoms. The Kier molecular flexibility index (Phi) is 3.11. The Morgan fingerprint density at radius 3 is 2.90 bits per heavy atom. The number of H-pyrrole nitrogens is 2. The van der Waals surface area contributed by atoms with Gasteiger partial charge in [0.15, 0.2) is 4.77 Å². The lowest BCUT2D eigenvalue weighted by molar-refractivity contribution is -0.115. The van der Waals surface area contributed by atoms with E-state index < -0.39 is 0 Å². The maximum Gasteiger partial charge on any atom is 0.230 e. The molecule has 0 bridgehead atoms. The zero-order chi connectivity index (χ0) is 14.1. The van der Waals surface area contributed by atoms with E-state index in [2.05, 4.69) is 20.4 Å². The third kappa shape index (κ3) is 2.62. The molecule has 102 valence electrons. The van der Waals surface area contributed by atoms with Gasteiger partial charge >= 0.3 is 0 Å². The van der Waals surface area contributed by atoms with E-state index in [9.17, 15) is 4.79 Å². The predicted octanol–water partition coefficient (Wildman–Crippen LogP) is 2.14. The number of rotatable bonds is 3. The van der Waals surface area contributed by atoms with Crippen molar-refractivity contribution in [1.82, 2.24) is 19.7 Å². The van der Waals surface area contributed by atoms with E-state index in [1.165, 1.54) is 0 Å². The second kappa shape index (κ2) is 4.93. The fraction of sp³-hybridized carbons (Fsp3) is 0.154. The molecule has 1 aromatic carbocycles. The van der Waals surface area contributed by atoms with Crippen LogP contribution in [0.1, 0.15) is 5.69 Å². The molecule has 0 aliphatic carbocycles. The summed E-state index contributed by atoms with van der Waals surface area (Å²) in [5, 5.41) is 7.02. The summed E-state index contributed by atoms with van der Waals surface area (Å²) in [6, 6.07) is 7.37. The zero-order valence-corrected chi connectivity index (χ0v) is 11.6. The monoisotopic (exact) mass is 287 g/mol. The van der Waals surface area contributed by atoms with E-state index in [0.29, 0.717) is 4.77 Å². The number of amides is 1. The maximum absolute atomic E-state index is 11.9. The zero-order valence-electron chi connectivity index (χ0n) is 10.8. The van der Waals surface area contributed by atoms with Gasteiger partial charge in [0, 0.05) is 18.9 Å². The Morgan fingerprint density at radius 1 is 1.35 bits per heavy atom. The van der Waals surface area contributed by atoms with Crippen molar-refractivity contribution in [3.8, 4) is 0 Å². The van der Waals surface area contributed by atoms with Crippen molar-refractivity contribution in [2.45, 2.75) is 6.42 Å². The van der Waals surface area contributed by atoms with Crippen molar-refractivity contribution >= 4 is 34.8 Å². The van der Waals surface area contributed by atoms with Gasteiger partial charge in [-0.1, -0.05) is 0 Å². The van der Waals surface area contributed by atoms with Gasteiger partial charge in [0.05, 0.1) is 23.1 Å². The lowest BCUT2D eigenvalue weighted by atomic mass is 10.2. The third-order valence-corrected chi connectivity index (χ3v) is 3.11. The molecule has 6 nitrogen and oxygen atoms in total. The Morgan fingerprint density at radius 2 is 2.15 bits per heavy atom. The van der Waals surface area contributed by atoms with Gasteiger partial charge in [-0.25, -0.2) is 0 Å². The minimum absolute atomic E-state index is 0.0998. The summed E-state index contributed by atoms with van der Waals surface area (Å²) in [5.41, 5.74) is 3.25. The maximum atomic E-state index is 11.9. The van der Waals surface area contributed by atoms with Gasteiger partial charge in [0.1, 0.15) is 0 Å². The van der Waals surface area contributed by atoms with Crippen LogP contribution in [-0.2, 0) is 18.3 Å². The van der Waals surface area contributed by atoms with Crippen molar-refractivity contribution < 1.29 is 4.79 Å². The van der Waals surface area contributed by atoms with Crippen LogP contribution in [0.2, 0.25) is 0 Å². The van der Waals surface area contributed by atoms with Crippen LogP contribution in [0.3, 0.4) is 0 Å². The standard InChI is InChI=1S/C13H13N5OS/c1-18-5-4-9(17-18)7-12(19)14-8-2-3-10-11(6-8)16-13(20)15-10/h2-6H,7H2,1H3,(H,14,19)(H2,15,16,20). The number of benzene rings is 1. The number of imidazole rings is 1. The van der Waals surface area contributed by atoms with Crippen molar-refractivity contribution in [2.75, 3.05) is 5.32 Å². The quantitative estimate of drug-likeness (QED) is 0.646. The normalized spacial score (nSPS) is 10.8. The summed E-state index contributed by atoms with van der Waals surface area (Å²) >= 11 is 5.02. The molecule has 2 aromatic heterocycles. The average Bonchev–Trinajstić information content (AvgIpc) is 2.93. The summed E-state index contributed by atoms with van der Waals surface area (Å²) in [4.78, 5) is 18.0. The number of aromatic nitrogens is 4. The molecule has 0 radical (unpaired) electrons. The fourth-order valence-corrected chi connectivity index (χ4v) is 2.26. The van der Waals surface area contributed by atoms with Crippen LogP contribution in [0.5, 0.6) is 0 Å². The predicted molar refractivity (Wildman–Crippen MR) is 79.0 cm³/mol. The first-order valence-electron chi connectivity index (χ1n) is 6.10. The molecule has 3 N–H and O–H groups in total. The number of carbonyl (C=O) groups excluding carboxylic acids is 1. The smallest absolute Gasteiger partial charge is 0.230 e. The minimum atomic E-state index is -0.0998. The number of hydrogen-bond acceptors (Lipinski definition) is 3. The minimum Gasteiger partial charge on any atom is -0.331 e. The highest BCUT2D eigenvalue weighted by molar-refractivity contribution is 7.71. The van der Waals surface area contributed by atoms with E-state index in [1.807, 2.05) is 37.5 Å². The summed E-state index contributed by atoms with van der Waals surface area (Å²) in [6.07, 6.45) is 2.07. The third-order valence-electron chi connectivity index (χ3n) is 2.91. The number of aromatic amines is 2. The Bertz CT molecular complexity index is 829. The molecule has 0 saturated carbocycles. The Hall–Kier alpha value is -2.41. The lowest BCUT2D eigenvalue weighted by Crippen LogP contribution is -2.14. The average molecular weight is 287 g/mol. The van der Waals surface area contributed by atoms with Crippen LogP contribution in [-0.4, -0.2) is 25.7 Å². The molecular formula is C13H13N5OS. The number of anilines is 1. The van der Waals surface area contributed by atoms with E-state index in [0.717, 1.165) is 22.4 Å². The van der Waals surface area contributed by atoms with Crippen LogP contribution in [0.15, 0.2) is 30.5 Å². The number of aryl methyl sites for hydroxylation is 1. The van der Waals surface area contributed by atoms with Gasteiger partial charge in [0.2, 0.25) is 5.91 Å². The summed E-state index contributed by atoms with van der Waals surface area (Å²) in [5.74, 6) is -0.0998. The molecule has 1 amide bonds. The molecule has 7 heteroatoms. The van der Waals surface area contributed by atoms with Crippen molar-refractivity contribution in [3.05, 3.63) is 40.9 Å². The highest BCUT2D eigenvalue weighted by Crippen LogP contribution is 2.16. The van der Waals surface area contributed by atoms with E-state index >= 15 is 0 Å². The molecule has 0 atom stereocenters. The largest absolute Gasteiger partial charge is 0.331 e. The molecule has 0 spiro atoms. The van der Waals surface area contributed by atoms with Gasteiger partial charge in [-0.2, -0.15) is 5.10 Å². The Balaban J connectivity index is 1.75. The fourth-order valence-electron chi connectivity index (χ4n) is 2.04. The van der Waals surface area contributed by atoms with Gasteiger partial charge in [-0.05, 0) is 36.5 Å². The van der Waals surface area contributed by atoms with Gasteiger partial charge in [-0.15, -0.1) is 0 Å². The summed E-state index contributed by atoms with van der Waals surface area (Å²) in [7, 11) is 1.82. The first-order valence-corrected chi connectivity index (χ1v) is 6.51. The SMILES string of the molecule is Cn1ccc(CC(=O)Nc2ccc3[nH]c(=S)[nH]c3c2)n1. The van der Waals surface area contributed by atoms with Crippen molar-refractivity contribution in [2.24, 2.45) is 7.05 Å². The molecule has 0 fully saturated rings. The molecular weight excluding hydrogens is 274 g/mol. The van der Waals surface area contributed by atoms with Crippen LogP contribution in [0, 0.1) is 4.77 Å². The highest BCUT2D eigenvalue weighted by Gasteiger charge is 2.07. The molecule has 2 heterocycles. The van der Waals surface area contributed by atoms with Gasteiger partial charge in [-0.3, -0.25) is 9.48 Å². The number of nitrogens with zero attached hydrogens (tertiary/aromatic N) is 2. The first-order chi connectivity index (χ1) is 9.60. The van der Waals surface area contributed by atoms with Gasteiger partial charge < -0.3 is 15.3 Å². The highest BCUT2D eigenvalue weighted by atomic mass is 32.1. The van der Waals surface area contributed by atoms with E-state index in [-0.39, 0.29) is 12.3 Å². The van der Waals surface area contributed by atoms with Crippen LogP contribution in [0.25, 0.3) is 11.0 Å². The first kappa shape index (κ1) is 12.6. The lowest BCUT2D eigenvalue weighted by Gasteiger charge is -2.03. The van der Waals surface area contributed by atoms with E-state index in [1.54, 1.807) is 4.68 Å². The van der Waals surface area contributed by atoms with Crippen LogP contribution in [0.4, 0.5) is 5.69 Å². The number of carbonyl (C=O) groups is 1. The topological polar surface area (TPSA) is 78.5 Å². The summed E-state index contributed by atoms with van der Waals surface area (Å²) in [6.45, 7) is 0. The van der Waals surface area contributed by atoms with E-state index in [4.69, 9.17) is 12.2 Å². The number of hydrogen-bond donors (Lipinski definition) is 3. The van der Waals surface area contributed by atoms with Gasteiger partial charge in [0.25, 0.3) is 0 Å². The Labute approximate surface area is 119 Å². The second-order valence-electron chi connectivity index (χ2n) is 4.55. The van der Waals surface area contributed by atoms with Crippen molar-refractivity contribution in [1.29, 1.82) is 0 Å². The molecule has 3 aromatic rings. The van der Waals surface area contributed by atoms with Crippen LogP contribution >= 0.6 is 12.2 Å².